The third kappa shape index (κ3) is 6.10. The molecule has 0 rings (SSSR count). The molecule has 0 saturated carbocycles. The van der Waals surface area contributed by atoms with Gasteiger partial charge < -0.3 is 0 Å². The molecule has 0 aliphatic heterocycles. The summed E-state index contributed by atoms with van der Waals surface area (Å²) < 4.78 is 169. The van der Waals surface area contributed by atoms with E-state index in [4.69, 9.17) is 0 Å². The van der Waals surface area contributed by atoms with E-state index in [1.54, 1.807) is 0 Å². The fourth-order valence-electron chi connectivity index (χ4n) is 0.948. The molecular formula is C8F14S. The number of rotatable bonds is 2. The number of hydrogen-bond acceptors (Lipinski definition) is 1. The molecule has 0 aliphatic carbocycles. The predicted molar refractivity (Wildman–Crippen MR) is 48.1 cm³/mol. The molecule has 0 amide bonds. The molecule has 0 radical (unpaired) electrons. The summed E-state index contributed by atoms with van der Waals surface area (Å²) in [4.78, 5) is 0. The van der Waals surface area contributed by atoms with Crippen LogP contribution in [0.15, 0.2) is 21.5 Å². The minimum absolute atomic E-state index is 2.23. The average Bonchev–Trinajstić information content (AvgIpc) is 2.04. The van der Waals surface area contributed by atoms with Gasteiger partial charge in [0.1, 0.15) is 0 Å². The molecule has 0 spiro atoms. The Hall–Kier alpha value is -1.15. The molecule has 0 atom stereocenters. The third-order valence-electron chi connectivity index (χ3n) is 1.71. The van der Waals surface area contributed by atoms with Crippen molar-refractivity contribution in [3.63, 3.8) is 0 Å². The van der Waals surface area contributed by atoms with Gasteiger partial charge in [-0.1, -0.05) is 0 Å². The van der Waals surface area contributed by atoms with Gasteiger partial charge in [-0.2, -0.15) is 61.5 Å². The van der Waals surface area contributed by atoms with Gasteiger partial charge in [-0.05, 0) is 11.8 Å². The molecule has 0 heterocycles. The lowest BCUT2D eigenvalue weighted by Gasteiger charge is -2.17. The normalized spacial score (nSPS) is 13.8. The molecule has 15 heteroatoms. The van der Waals surface area contributed by atoms with Gasteiger partial charge in [-0.15, -0.1) is 0 Å². The van der Waals surface area contributed by atoms with Crippen LogP contribution in [-0.4, -0.2) is 24.7 Å². The summed E-state index contributed by atoms with van der Waals surface area (Å²) >= 11 is -2.23. The minimum Gasteiger partial charge on any atom is -0.198 e. The summed E-state index contributed by atoms with van der Waals surface area (Å²) in [6.07, 6.45) is -26.1. The van der Waals surface area contributed by atoms with E-state index in [1.165, 1.54) is 0 Å². The van der Waals surface area contributed by atoms with E-state index in [0.29, 0.717) is 0 Å². The van der Waals surface area contributed by atoms with Crippen LogP contribution < -0.4 is 0 Å². The minimum atomic E-state index is -6.54. The highest BCUT2D eigenvalue weighted by Gasteiger charge is 2.56. The zero-order valence-corrected chi connectivity index (χ0v) is 10.5. The second-order valence-corrected chi connectivity index (χ2v) is 4.31. The quantitative estimate of drug-likeness (QED) is 0.494. The highest BCUT2D eigenvalue weighted by molar-refractivity contribution is 8.06. The first-order valence-electron chi connectivity index (χ1n) is 4.55. The van der Waals surface area contributed by atoms with E-state index in [9.17, 15) is 61.5 Å². The van der Waals surface area contributed by atoms with Crippen molar-refractivity contribution < 1.29 is 61.5 Å². The zero-order chi connectivity index (χ0) is 19.0. The molecular weight excluding hydrogens is 394 g/mol. The summed E-state index contributed by atoms with van der Waals surface area (Å²) in [5, 5.41) is -7.32. The molecule has 0 aromatic carbocycles. The predicted octanol–water partition coefficient (Wildman–Crippen LogP) is 6.33. The number of alkyl halides is 12. The van der Waals surface area contributed by atoms with Crippen LogP contribution in [0.25, 0.3) is 0 Å². The lowest BCUT2D eigenvalue weighted by molar-refractivity contribution is -0.174. The Kier molecular flexibility index (Phi) is 6.07. The van der Waals surface area contributed by atoms with E-state index < -0.39 is 57.9 Å². The number of halogens is 14. The van der Waals surface area contributed by atoms with Crippen molar-refractivity contribution in [3.05, 3.63) is 21.5 Å². The first-order valence-corrected chi connectivity index (χ1v) is 5.37. The summed E-state index contributed by atoms with van der Waals surface area (Å²) in [6, 6.07) is 0. The largest absolute Gasteiger partial charge is 0.424 e. The van der Waals surface area contributed by atoms with Gasteiger partial charge in [0.25, 0.3) is 0 Å². The van der Waals surface area contributed by atoms with Gasteiger partial charge >= 0.3 is 24.7 Å². The number of allylic oxidation sites excluding steroid dienone is 2. The highest BCUT2D eigenvalue weighted by atomic mass is 32.2. The maximum atomic E-state index is 12.8. The standard InChI is InChI=1S/C8F14S/c9-3(1(5(11,12)13)6(14,15)16)23-4(10)2(7(17,18)19)8(20,21)22. The van der Waals surface area contributed by atoms with E-state index in [0.717, 1.165) is 0 Å². The Morgan fingerprint density at radius 2 is 0.609 bits per heavy atom. The van der Waals surface area contributed by atoms with E-state index in [2.05, 4.69) is 0 Å². The van der Waals surface area contributed by atoms with Crippen molar-refractivity contribution in [1.82, 2.24) is 0 Å². The first kappa shape index (κ1) is 21.9. The Morgan fingerprint density at radius 1 is 0.435 bits per heavy atom. The SMILES string of the molecule is FC(SC(F)=C(C(F)(F)F)C(F)(F)F)=C(C(F)(F)F)C(F)(F)F. The molecule has 0 nitrogen and oxygen atoms in total. The topological polar surface area (TPSA) is 0 Å². The van der Waals surface area contributed by atoms with E-state index in [-0.39, 0.29) is 0 Å². The smallest absolute Gasteiger partial charge is 0.198 e. The molecule has 0 aliphatic rings. The lowest BCUT2D eigenvalue weighted by Crippen LogP contribution is -2.28. The van der Waals surface area contributed by atoms with Crippen LogP contribution >= 0.6 is 11.8 Å². The second kappa shape index (κ2) is 6.39. The van der Waals surface area contributed by atoms with Gasteiger partial charge in [-0.25, -0.2) is 0 Å². The fourth-order valence-corrected chi connectivity index (χ4v) is 1.77. The van der Waals surface area contributed by atoms with Gasteiger partial charge in [0, 0.05) is 0 Å². The molecule has 136 valence electrons. The summed E-state index contributed by atoms with van der Waals surface area (Å²) in [6.45, 7) is 0. The van der Waals surface area contributed by atoms with Crippen LogP contribution in [0.4, 0.5) is 61.5 Å². The van der Waals surface area contributed by atoms with Gasteiger partial charge in [0.05, 0.1) is 0 Å². The van der Waals surface area contributed by atoms with E-state index in [1.807, 2.05) is 0 Å². The van der Waals surface area contributed by atoms with Crippen molar-refractivity contribution in [2.75, 3.05) is 0 Å². The molecule has 0 N–H and O–H groups in total. The van der Waals surface area contributed by atoms with E-state index >= 15 is 0 Å². The monoisotopic (exact) mass is 394 g/mol. The third-order valence-corrected chi connectivity index (χ3v) is 2.47. The summed E-state index contributed by atoms with van der Waals surface area (Å²) in [7, 11) is 0. The molecule has 0 saturated heterocycles. The molecule has 0 unspecified atom stereocenters. The Bertz CT molecular complexity index is 417. The number of hydrogen-bond donors (Lipinski definition) is 0. The Morgan fingerprint density at radius 3 is 0.739 bits per heavy atom. The van der Waals surface area contributed by atoms with Crippen molar-refractivity contribution in [2.45, 2.75) is 24.7 Å². The Labute approximate surface area is 120 Å². The molecule has 23 heavy (non-hydrogen) atoms. The van der Waals surface area contributed by atoms with Crippen molar-refractivity contribution in [1.29, 1.82) is 0 Å². The second-order valence-electron chi connectivity index (χ2n) is 3.39. The van der Waals surface area contributed by atoms with Gasteiger partial charge in [-0.3, -0.25) is 0 Å². The van der Waals surface area contributed by atoms with Crippen LogP contribution in [0.3, 0.4) is 0 Å². The maximum absolute atomic E-state index is 12.8. The molecule has 0 bridgehead atoms. The lowest BCUT2D eigenvalue weighted by atomic mass is 10.3. The Balaban J connectivity index is 6.21. The van der Waals surface area contributed by atoms with Crippen molar-refractivity contribution >= 4 is 11.8 Å². The van der Waals surface area contributed by atoms with Crippen LogP contribution in [0.5, 0.6) is 0 Å². The van der Waals surface area contributed by atoms with Crippen LogP contribution in [0.1, 0.15) is 0 Å². The number of thioether (sulfide) groups is 1. The fraction of sp³-hybridized carbons (Fsp3) is 0.500. The van der Waals surface area contributed by atoms with Gasteiger partial charge in [0.2, 0.25) is 0 Å². The van der Waals surface area contributed by atoms with Gasteiger partial charge in [0.15, 0.2) is 21.5 Å². The highest BCUT2D eigenvalue weighted by Crippen LogP contribution is 2.49. The maximum Gasteiger partial charge on any atom is 0.424 e. The van der Waals surface area contributed by atoms with Crippen molar-refractivity contribution in [3.8, 4) is 0 Å². The molecule has 0 fully saturated rings. The first-order chi connectivity index (χ1) is 9.79. The summed E-state index contributed by atoms with van der Waals surface area (Å²) in [5.74, 6) is 0. The van der Waals surface area contributed by atoms with Crippen LogP contribution in [0, 0.1) is 0 Å². The average molecular weight is 394 g/mol. The van der Waals surface area contributed by atoms with Crippen LogP contribution in [0.2, 0.25) is 0 Å². The molecule has 0 aromatic rings. The summed E-state index contributed by atoms with van der Waals surface area (Å²) in [5.41, 5.74) is -8.15. The zero-order valence-electron chi connectivity index (χ0n) is 9.70. The van der Waals surface area contributed by atoms with Crippen molar-refractivity contribution in [2.24, 2.45) is 0 Å². The molecule has 0 aromatic heterocycles. The van der Waals surface area contributed by atoms with Crippen LogP contribution in [-0.2, 0) is 0 Å².